The summed E-state index contributed by atoms with van der Waals surface area (Å²) in [6, 6.07) is 18.8. The standard InChI is InChI=1S/C18H23NO2/c1-19-13-18(14-20-2)21-17-10-8-16(9-11-17)12-15-6-4-3-5-7-15/h3-11,18-19H,12-14H2,1-2H3. The predicted molar refractivity (Wildman–Crippen MR) is 85.9 cm³/mol. The number of nitrogens with one attached hydrogen (secondary N) is 1. The summed E-state index contributed by atoms with van der Waals surface area (Å²) in [4.78, 5) is 0. The van der Waals surface area contributed by atoms with Crippen LogP contribution in [-0.4, -0.2) is 33.4 Å². The van der Waals surface area contributed by atoms with Crippen LogP contribution in [0.4, 0.5) is 0 Å². The van der Waals surface area contributed by atoms with Crippen molar-refractivity contribution >= 4 is 0 Å². The number of likely N-dealkylation sites (N-methyl/N-ethyl adjacent to an activating group) is 1. The van der Waals surface area contributed by atoms with Crippen LogP contribution in [0.2, 0.25) is 0 Å². The molecule has 0 spiro atoms. The van der Waals surface area contributed by atoms with E-state index >= 15 is 0 Å². The van der Waals surface area contributed by atoms with Gasteiger partial charge in [-0.05, 0) is 36.7 Å². The van der Waals surface area contributed by atoms with Crippen LogP contribution >= 0.6 is 0 Å². The summed E-state index contributed by atoms with van der Waals surface area (Å²) in [6.45, 7) is 1.34. The summed E-state index contributed by atoms with van der Waals surface area (Å²) in [7, 11) is 3.60. The van der Waals surface area contributed by atoms with Gasteiger partial charge in [0, 0.05) is 13.7 Å². The highest BCUT2D eigenvalue weighted by Gasteiger charge is 2.09. The van der Waals surface area contributed by atoms with Gasteiger partial charge in [0.2, 0.25) is 0 Å². The predicted octanol–water partition coefficient (Wildman–Crippen LogP) is 2.89. The van der Waals surface area contributed by atoms with Crippen LogP contribution in [0.25, 0.3) is 0 Å². The second-order valence-corrected chi connectivity index (χ2v) is 5.06. The summed E-state index contributed by atoms with van der Waals surface area (Å²) >= 11 is 0. The van der Waals surface area contributed by atoms with E-state index in [1.54, 1.807) is 7.11 Å². The van der Waals surface area contributed by atoms with Gasteiger partial charge in [-0.25, -0.2) is 0 Å². The Balaban J connectivity index is 1.95. The molecule has 21 heavy (non-hydrogen) atoms. The highest BCUT2D eigenvalue weighted by atomic mass is 16.5. The summed E-state index contributed by atoms with van der Waals surface area (Å²) in [5.41, 5.74) is 2.60. The first kappa shape index (κ1) is 15.5. The fraction of sp³-hybridized carbons (Fsp3) is 0.333. The molecule has 0 radical (unpaired) electrons. The Morgan fingerprint density at radius 1 is 0.952 bits per heavy atom. The third kappa shape index (κ3) is 5.21. The lowest BCUT2D eigenvalue weighted by molar-refractivity contribution is 0.0818. The molecular weight excluding hydrogens is 262 g/mol. The molecule has 0 fully saturated rings. The number of methoxy groups -OCH3 is 1. The molecular formula is C18H23NO2. The minimum absolute atomic E-state index is 0.0278. The van der Waals surface area contributed by atoms with Crippen LogP contribution < -0.4 is 10.1 Å². The van der Waals surface area contributed by atoms with Crippen molar-refractivity contribution in [1.29, 1.82) is 0 Å². The zero-order valence-corrected chi connectivity index (χ0v) is 12.7. The number of hydrogen-bond donors (Lipinski definition) is 1. The quantitative estimate of drug-likeness (QED) is 0.809. The van der Waals surface area contributed by atoms with E-state index in [1.165, 1.54) is 11.1 Å². The molecule has 0 aromatic heterocycles. The Bertz CT molecular complexity index is 505. The van der Waals surface area contributed by atoms with Crippen molar-refractivity contribution in [3.05, 3.63) is 65.7 Å². The zero-order chi connectivity index (χ0) is 14.9. The van der Waals surface area contributed by atoms with Gasteiger partial charge in [-0.15, -0.1) is 0 Å². The van der Waals surface area contributed by atoms with E-state index < -0.39 is 0 Å². The highest BCUT2D eigenvalue weighted by Crippen LogP contribution is 2.16. The van der Waals surface area contributed by atoms with Gasteiger partial charge in [-0.2, -0.15) is 0 Å². The molecule has 0 aliphatic rings. The van der Waals surface area contributed by atoms with Crippen molar-refractivity contribution in [3.8, 4) is 5.75 Å². The summed E-state index contributed by atoms with van der Waals surface area (Å²) in [5.74, 6) is 0.879. The van der Waals surface area contributed by atoms with E-state index in [2.05, 4.69) is 41.7 Å². The highest BCUT2D eigenvalue weighted by molar-refractivity contribution is 5.31. The Kier molecular flexibility index (Phi) is 6.25. The van der Waals surface area contributed by atoms with Crippen molar-refractivity contribution in [2.45, 2.75) is 12.5 Å². The molecule has 1 unspecified atom stereocenters. The smallest absolute Gasteiger partial charge is 0.134 e. The third-order valence-electron chi connectivity index (χ3n) is 3.26. The monoisotopic (exact) mass is 285 g/mol. The molecule has 112 valence electrons. The molecule has 3 nitrogen and oxygen atoms in total. The average molecular weight is 285 g/mol. The van der Waals surface area contributed by atoms with Gasteiger partial charge < -0.3 is 14.8 Å². The molecule has 0 aliphatic heterocycles. The van der Waals surface area contributed by atoms with Crippen LogP contribution in [0.15, 0.2) is 54.6 Å². The topological polar surface area (TPSA) is 30.5 Å². The van der Waals surface area contributed by atoms with Crippen molar-refractivity contribution in [2.75, 3.05) is 27.3 Å². The molecule has 0 bridgehead atoms. The minimum Gasteiger partial charge on any atom is -0.487 e. The zero-order valence-electron chi connectivity index (χ0n) is 12.7. The van der Waals surface area contributed by atoms with E-state index in [9.17, 15) is 0 Å². The molecule has 0 saturated heterocycles. The van der Waals surface area contributed by atoms with E-state index in [1.807, 2.05) is 25.2 Å². The first-order chi connectivity index (χ1) is 10.3. The molecule has 0 saturated carbocycles. The normalized spacial score (nSPS) is 12.1. The maximum atomic E-state index is 5.91. The van der Waals surface area contributed by atoms with E-state index in [0.717, 1.165) is 18.7 Å². The van der Waals surface area contributed by atoms with Gasteiger partial charge in [0.15, 0.2) is 0 Å². The molecule has 1 N–H and O–H groups in total. The maximum Gasteiger partial charge on any atom is 0.134 e. The number of hydrogen-bond acceptors (Lipinski definition) is 3. The van der Waals surface area contributed by atoms with E-state index in [0.29, 0.717) is 6.61 Å². The SMILES string of the molecule is CNCC(COC)Oc1ccc(Cc2ccccc2)cc1. The van der Waals surface area contributed by atoms with Crippen LogP contribution in [0.3, 0.4) is 0 Å². The van der Waals surface area contributed by atoms with Crippen LogP contribution in [0, 0.1) is 0 Å². The van der Waals surface area contributed by atoms with Gasteiger partial charge in [0.25, 0.3) is 0 Å². The molecule has 3 heteroatoms. The molecule has 0 amide bonds. The molecule has 0 aliphatic carbocycles. The van der Waals surface area contributed by atoms with Gasteiger partial charge >= 0.3 is 0 Å². The van der Waals surface area contributed by atoms with Crippen molar-refractivity contribution in [2.24, 2.45) is 0 Å². The minimum atomic E-state index is 0.0278. The lowest BCUT2D eigenvalue weighted by Crippen LogP contribution is -2.33. The Morgan fingerprint density at radius 2 is 1.62 bits per heavy atom. The van der Waals surface area contributed by atoms with Crippen molar-refractivity contribution < 1.29 is 9.47 Å². The van der Waals surface area contributed by atoms with Crippen LogP contribution in [-0.2, 0) is 11.2 Å². The molecule has 2 aromatic carbocycles. The number of ether oxygens (including phenoxy) is 2. The molecule has 0 heterocycles. The van der Waals surface area contributed by atoms with E-state index in [4.69, 9.17) is 9.47 Å². The number of benzene rings is 2. The van der Waals surface area contributed by atoms with Gasteiger partial charge in [-0.1, -0.05) is 42.5 Å². The van der Waals surface area contributed by atoms with E-state index in [-0.39, 0.29) is 6.10 Å². The Morgan fingerprint density at radius 3 is 2.24 bits per heavy atom. The lowest BCUT2D eigenvalue weighted by Gasteiger charge is -2.18. The van der Waals surface area contributed by atoms with Gasteiger partial charge in [-0.3, -0.25) is 0 Å². The third-order valence-corrected chi connectivity index (χ3v) is 3.26. The Labute approximate surface area is 126 Å². The average Bonchev–Trinajstić information content (AvgIpc) is 2.51. The second-order valence-electron chi connectivity index (χ2n) is 5.06. The van der Waals surface area contributed by atoms with Crippen molar-refractivity contribution in [1.82, 2.24) is 5.32 Å². The molecule has 2 rings (SSSR count). The maximum absolute atomic E-state index is 5.91. The fourth-order valence-electron chi connectivity index (χ4n) is 2.26. The van der Waals surface area contributed by atoms with Crippen molar-refractivity contribution in [3.63, 3.8) is 0 Å². The summed E-state index contributed by atoms with van der Waals surface area (Å²) in [6.07, 6.45) is 0.971. The van der Waals surface area contributed by atoms with Crippen LogP contribution in [0.1, 0.15) is 11.1 Å². The molecule has 1 atom stereocenters. The fourth-order valence-corrected chi connectivity index (χ4v) is 2.26. The van der Waals surface area contributed by atoms with Gasteiger partial charge in [0.1, 0.15) is 11.9 Å². The summed E-state index contributed by atoms with van der Waals surface area (Å²) < 4.78 is 11.1. The second kappa shape index (κ2) is 8.45. The first-order valence-electron chi connectivity index (χ1n) is 7.25. The lowest BCUT2D eigenvalue weighted by atomic mass is 10.1. The van der Waals surface area contributed by atoms with Gasteiger partial charge in [0.05, 0.1) is 6.61 Å². The first-order valence-corrected chi connectivity index (χ1v) is 7.25. The number of rotatable bonds is 8. The van der Waals surface area contributed by atoms with Crippen LogP contribution in [0.5, 0.6) is 5.75 Å². The molecule has 2 aromatic rings. The largest absolute Gasteiger partial charge is 0.487 e. The Hall–Kier alpha value is -1.84. The summed E-state index contributed by atoms with van der Waals surface area (Å²) in [5, 5.41) is 3.11.